The van der Waals surface area contributed by atoms with Gasteiger partial charge in [-0.2, -0.15) is 0 Å². The van der Waals surface area contributed by atoms with E-state index < -0.39 is 4.92 Å². The van der Waals surface area contributed by atoms with Crippen LogP contribution in [0.5, 0.6) is 0 Å². The summed E-state index contributed by atoms with van der Waals surface area (Å²) in [6.07, 6.45) is 2.27. The molecule has 0 unspecified atom stereocenters. The largest absolute Gasteiger partial charge is 0.350 e. The van der Waals surface area contributed by atoms with Gasteiger partial charge in [-0.1, -0.05) is 12.1 Å². The first-order valence-electron chi connectivity index (χ1n) is 5.93. The second kappa shape index (κ2) is 5.60. The van der Waals surface area contributed by atoms with Crippen molar-refractivity contribution in [1.29, 1.82) is 0 Å². The molecule has 0 aliphatic heterocycles. The lowest BCUT2D eigenvalue weighted by molar-refractivity contribution is -0.385. The highest BCUT2D eigenvalue weighted by molar-refractivity contribution is 5.35. The predicted octanol–water partition coefficient (Wildman–Crippen LogP) is 2.75. The maximum Gasteiger partial charge on any atom is 0.305 e. The number of nitro groups is 1. The molecule has 0 atom stereocenters. The van der Waals surface area contributed by atoms with Crippen molar-refractivity contribution in [3.05, 3.63) is 57.1 Å². The van der Waals surface area contributed by atoms with Crippen LogP contribution in [0.3, 0.4) is 0 Å². The molecule has 0 saturated carbocycles. The van der Waals surface area contributed by atoms with Gasteiger partial charge in [-0.05, 0) is 30.5 Å². The van der Waals surface area contributed by atoms with Crippen molar-refractivity contribution < 1.29 is 9.31 Å². The summed E-state index contributed by atoms with van der Waals surface area (Å²) < 4.78 is 13.5. The molecule has 1 aromatic heterocycles. The molecule has 2 aromatic rings. The summed E-state index contributed by atoms with van der Waals surface area (Å²) in [7, 11) is 0. The molecule has 1 heterocycles. The maximum absolute atomic E-state index is 13.5. The molecule has 0 spiro atoms. The Bertz CT molecular complexity index is 620. The third-order valence-corrected chi connectivity index (χ3v) is 2.80. The molecule has 0 amide bonds. The molecule has 2 rings (SSSR count). The zero-order valence-corrected chi connectivity index (χ0v) is 11.1. The number of aromatic nitrogens is 2. The van der Waals surface area contributed by atoms with Gasteiger partial charge in [-0.15, -0.1) is 0 Å². The Balaban J connectivity index is 2.07. The van der Waals surface area contributed by atoms with E-state index in [1.165, 1.54) is 0 Å². The highest BCUT2D eigenvalue weighted by Crippen LogP contribution is 2.15. The molecule has 0 aliphatic carbocycles. The number of anilines is 1. The number of nitrogens with zero attached hydrogens (tertiary/aromatic N) is 3. The monoisotopic (exact) mass is 276 g/mol. The second-order valence-corrected chi connectivity index (χ2v) is 4.42. The smallest absolute Gasteiger partial charge is 0.305 e. The fourth-order valence-electron chi connectivity index (χ4n) is 1.83. The molecule has 20 heavy (non-hydrogen) atoms. The average molecular weight is 276 g/mol. The Labute approximate surface area is 114 Å². The van der Waals surface area contributed by atoms with Gasteiger partial charge in [0.1, 0.15) is 18.2 Å². The molecule has 0 radical (unpaired) electrons. The van der Waals surface area contributed by atoms with E-state index in [1.807, 2.05) is 0 Å². The molecular formula is C13H13FN4O2. The van der Waals surface area contributed by atoms with Gasteiger partial charge in [-0.25, -0.2) is 14.4 Å². The van der Waals surface area contributed by atoms with E-state index in [1.54, 1.807) is 26.0 Å². The highest BCUT2D eigenvalue weighted by atomic mass is 19.1. The Morgan fingerprint density at radius 2 is 1.80 bits per heavy atom. The van der Waals surface area contributed by atoms with Gasteiger partial charge in [0.25, 0.3) is 0 Å². The van der Waals surface area contributed by atoms with Gasteiger partial charge >= 0.3 is 5.69 Å². The van der Waals surface area contributed by atoms with E-state index in [4.69, 9.17) is 0 Å². The van der Waals surface area contributed by atoms with Gasteiger partial charge in [0, 0.05) is 6.54 Å². The molecular weight excluding hydrogens is 263 g/mol. The van der Waals surface area contributed by atoms with Crippen LogP contribution in [0.4, 0.5) is 16.0 Å². The third-order valence-electron chi connectivity index (χ3n) is 2.80. The van der Waals surface area contributed by atoms with E-state index in [9.17, 15) is 14.5 Å². The Morgan fingerprint density at radius 1 is 1.25 bits per heavy atom. The second-order valence-electron chi connectivity index (χ2n) is 4.42. The van der Waals surface area contributed by atoms with Crippen LogP contribution >= 0.6 is 0 Å². The molecule has 6 nitrogen and oxygen atoms in total. The quantitative estimate of drug-likeness (QED) is 0.686. The minimum Gasteiger partial charge on any atom is -0.350 e. The fraction of sp³-hybridized carbons (Fsp3) is 0.231. The van der Waals surface area contributed by atoms with Crippen LogP contribution in [0.1, 0.15) is 16.7 Å². The molecule has 104 valence electrons. The highest BCUT2D eigenvalue weighted by Gasteiger charge is 2.07. The topological polar surface area (TPSA) is 81.0 Å². The average Bonchev–Trinajstić information content (AvgIpc) is 2.42. The van der Waals surface area contributed by atoms with Crippen molar-refractivity contribution in [3.63, 3.8) is 0 Å². The number of aryl methyl sites for hydroxylation is 2. The first-order valence-corrected chi connectivity index (χ1v) is 5.93. The number of halogens is 1. The molecule has 0 saturated heterocycles. The van der Waals surface area contributed by atoms with Crippen molar-refractivity contribution in [2.75, 3.05) is 5.32 Å². The van der Waals surface area contributed by atoms with Crippen LogP contribution < -0.4 is 5.32 Å². The SMILES string of the molecule is Cc1cc(CNc2ncc([N+](=O)[O-])cn2)cc(C)c1F. The first-order chi connectivity index (χ1) is 9.47. The van der Waals surface area contributed by atoms with E-state index >= 15 is 0 Å². The summed E-state index contributed by atoms with van der Waals surface area (Å²) in [6.45, 7) is 3.82. The maximum atomic E-state index is 13.5. The Hall–Kier alpha value is -2.57. The zero-order valence-electron chi connectivity index (χ0n) is 11.1. The standard InChI is InChI=1S/C13H13FN4O2/c1-8-3-10(4-9(2)12(8)14)5-15-13-16-6-11(7-17-13)18(19)20/h3-4,6-7H,5H2,1-2H3,(H,15,16,17). The van der Waals surface area contributed by atoms with Crippen molar-refractivity contribution in [2.24, 2.45) is 0 Å². The van der Waals surface area contributed by atoms with Crippen LogP contribution in [-0.2, 0) is 6.54 Å². The summed E-state index contributed by atoms with van der Waals surface area (Å²) >= 11 is 0. The van der Waals surface area contributed by atoms with Gasteiger partial charge in [0.05, 0.1) is 4.92 Å². The zero-order chi connectivity index (χ0) is 14.7. The summed E-state index contributed by atoms with van der Waals surface area (Å²) in [5.74, 6) is 0.0792. The third kappa shape index (κ3) is 3.05. The van der Waals surface area contributed by atoms with Crippen molar-refractivity contribution in [2.45, 2.75) is 20.4 Å². The van der Waals surface area contributed by atoms with Gasteiger partial charge in [0.15, 0.2) is 0 Å². The first kappa shape index (κ1) is 13.9. The van der Waals surface area contributed by atoms with Crippen LogP contribution in [0.15, 0.2) is 24.5 Å². The van der Waals surface area contributed by atoms with Crippen molar-refractivity contribution >= 4 is 11.6 Å². The number of nitrogens with one attached hydrogen (secondary N) is 1. The number of hydrogen-bond acceptors (Lipinski definition) is 5. The van der Waals surface area contributed by atoms with Crippen LogP contribution in [-0.4, -0.2) is 14.9 Å². The summed E-state index contributed by atoms with van der Waals surface area (Å²) in [5, 5.41) is 13.4. The van der Waals surface area contributed by atoms with Crippen molar-refractivity contribution in [1.82, 2.24) is 9.97 Å². The molecule has 0 fully saturated rings. The lowest BCUT2D eigenvalue weighted by atomic mass is 10.1. The van der Waals surface area contributed by atoms with Gasteiger partial charge in [-0.3, -0.25) is 10.1 Å². The Kier molecular flexibility index (Phi) is 3.88. The van der Waals surface area contributed by atoms with Crippen LogP contribution in [0.25, 0.3) is 0 Å². The van der Waals surface area contributed by atoms with Crippen LogP contribution in [0, 0.1) is 29.8 Å². The normalized spacial score (nSPS) is 10.3. The minimum absolute atomic E-state index is 0.163. The predicted molar refractivity (Wildman–Crippen MR) is 71.9 cm³/mol. The molecule has 1 N–H and O–H groups in total. The van der Waals surface area contributed by atoms with E-state index in [-0.39, 0.29) is 17.5 Å². The summed E-state index contributed by atoms with van der Waals surface area (Å²) in [6, 6.07) is 3.47. The molecule has 7 heteroatoms. The van der Waals surface area contributed by atoms with E-state index in [0.717, 1.165) is 18.0 Å². The molecule has 0 aliphatic rings. The summed E-state index contributed by atoms with van der Waals surface area (Å²) in [4.78, 5) is 17.6. The van der Waals surface area contributed by atoms with Crippen LogP contribution in [0.2, 0.25) is 0 Å². The van der Waals surface area contributed by atoms with E-state index in [0.29, 0.717) is 17.7 Å². The minimum atomic E-state index is -0.559. The lowest BCUT2D eigenvalue weighted by Crippen LogP contribution is -2.05. The fourth-order valence-corrected chi connectivity index (χ4v) is 1.83. The molecule has 0 bridgehead atoms. The van der Waals surface area contributed by atoms with E-state index in [2.05, 4.69) is 15.3 Å². The number of rotatable bonds is 4. The number of hydrogen-bond donors (Lipinski definition) is 1. The van der Waals surface area contributed by atoms with Gasteiger partial charge < -0.3 is 5.32 Å². The summed E-state index contributed by atoms with van der Waals surface area (Å²) in [5.41, 5.74) is 1.88. The Morgan fingerprint density at radius 3 is 2.30 bits per heavy atom. The molecule has 1 aromatic carbocycles. The lowest BCUT2D eigenvalue weighted by Gasteiger charge is -2.08. The van der Waals surface area contributed by atoms with Gasteiger partial charge in [0.2, 0.25) is 5.95 Å². The van der Waals surface area contributed by atoms with Crippen molar-refractivity contribution in [3.8, 4) is 0 Å². The number of benzene rings is 1.